The molecule has 4 heteroatoms. The molecule has 0 unspecified atom stereocenters. The molecule has 1 N–H and O–H groups in total. The van der Waals surface area contributed by atoms with Gasteiger partial charge >= 0.3 is 5.97 Å². The van der Waals surface area contributed by atoms with Gasteiger partial charge in [-0.2, -0.15) is 0 Å². The van der Waals surface area contributed by atoms with Gasteiger partial charge in [0.15, 0.2) is 0 Å². The average Bonchev–Trinajstić information content (AvgIpc) is 1.66. The Hall–Kier alpha value is 0.300. The summed E-state index contributed by atoms with van der Waals surface area (Å²) in [5, 5.41) is 8.97. The average molecular weight is 199 g/mol. The van der Waals surface area contributed by atoms with E-state index < -0.39 is 5.97 Å². The van der Waals surface area contributed by atoms with E-state index in [4.69, 9.17) is 5.11 Å². The number of carboxylic acid groups (broad SMARTS) is 1. The molecule has 0 radical (unpaired) electrons. The van der Waals surface area contributed by atoms with Crippen molar-refractivity contribution in [3.63, 3.8) is 0 Å². The first-order valence-corrected chi connectivity index (χ1v) is 4.40. The summed E-state index contributed by atoms with van der Waals surface area (Å²) in [7, 11) is 0. The first-order chi connectivity index (χ1) is 3.77. The van der Waals surface area contributed by atoms with Crippen molar-refractivity contribution in [3.05, 3.63) is 0 Å². The molecular formula is C4H7BrO2S. The molecule has 8 heavy (non-hydrogen) atoms. The standard InChI is InChI=1S/C4H7BrO2S/c5-1-2-8-3-4(6)7/h1-3H2,(H,6,7). The van der Waals surface area contributed by atoms with Gasteiger partial charge in [0.25, 0.3) is 0 Å². The van der Waals surface area contributed by atoms with Gasteiger partial charge in [-0.25, -0.2) is 0 Å². The molecule has 0 saturated heterocycles. The predicted octanol–water partition coefficient (Wildman–Crippen LogP) is 1.20. The van der Waals surface area contributed by atoms with Crippen LogP contribution in [0.4, 0.5) is 0 Å². The lowest BCUT2D eigenvalue weighted by molar-refractivity contribution is -0.133. The Labute approximate surface area is 60.8 Å². The van der Waals surface area contributed by atoms with Crippen LogP contribution in [-0.2, 0) is 4.79 Å². The number of carboxylic acids is 1. The molecule has 0 aromatic carbocycles. The summed E-state index contributed by atoms with van der Waals surface area (Å²) in [4.78, 5) is 9.84. The molecule has 0 spiro atoms. The highest BCUT2D eigenvalue weighted by Gasteiger charge is 1.93. The molecule has 0 bridgehead atoms. The van der Waals surface area contributed by atoms with Crippen molar-refractivity contribution < 1.29 is 9.90 Å². The maximum Gasteiger partial charge on any atom is 0.313 e. The number of halogens is 1. The van der Waals surface area contributed by atoms with Crippen molar-refractivity contribution in [1.29, 1.82) is 0 Å². The maximum atomic E-state index is 9.84. The second-order valence-electron chi connectivity index (χ2n) is 1.14. The van der Waals surface area contributed by atoms with Crippen molar-refractivity contribution in [2.45, 2.75) is 0 Å². The quantitative estimate of drug-likeness (QED) is 0.546. The van der Waals surface area contributed by atoms with E-state index in [2.05, 4.69) is 15.9 Å². The number of thioether (sulfide) groups is 1. The van der Waals surface area contributed by atoms with Crippen LogP contribution in [0.15, 0.2) is 0 Å². The Morgan fingerprint density at radius 1 is 1.75 bits per heavy atom. The molecular weight excluding hydrogens is 192 g/mol. The van der Waals surface area contributed by atoms with Gasteiger partial charge in [0.1, 0.15) is 0 Å². The van der Waals surface area contributed by atoms with Gasteiger partial charge in [-0.3, -0.25) is 4.79 Å². The zero-order valence-corrected chi connectivity index (χ0v) is 6.67. The summed E-state index contributed by atoms with van der Waals surface area (Å²) in [5.74, 6) is 0.341. The summed E-state index contributed by atoms with van der Waals surface area (Å²) in [6.45, 7) is 0. The van der Waals surface area contributed by atoms with Crippen LogP contribution in [0.25, 0.3) is 0 Å². The van der Waals surface area contributed by atoms with Crippen LogP contribution in [0.2, 0.25) is 0 Å². The first kappa shape index (κ1) is 8.30. The lowest BCUT2D eigenvalue weighted by Crippen LogP contribution is -1.98. The van der Waals surface area contributed by atoms with Crippen molar-refractivity contribution in [1.82, 2.24) is 0 Å². The normalized spacial score (nSPS) is 9.12. The smallest absolute Gasteiger partial charge is 0.313 e. The SMILES string of the molecule is O=C(O)CSCCBr. The number of aliphatic carboxylic acids is 1. The van der Waals surface area contributed by atoms with Gasteiger partial charge in [0.2, 0.25) is 0 Å². The molecule has 0 atom stereocenters. The van der Waals surface area contributed by atoms with Crippen molar-refractivity contribution in [2.75, 3.05) is 16.8 Å². The monoisotopic (exact) mass is 198 g/mol. The minimum atomic E-state index is -0.740. The Balaban J connectivity index is 2.82. The Morgan fingerprint density at radius 3 is 2.75 bits per heavy atom. The molecule has 0 aromatic rings. The fourth-order valence-corrected chi connectivity index (χ4v) is 1.33. The van der Waals surface area contributed by atoms with Gasteiger partial charge in [-0.15, -0.1) is 11.8 Å². The second kappa shape index (κ2) is 5.44. The van der Waals surface area contributed by atoms with Crippen molar-refractivity contribution in [3.8, 4) is 0 Å². The lowest BCUT2D eigenvalue weighted by Gasteiger charge is -1.89. The van der Waals surface area contributed by atoms with E-state index in [1.54, 1.807) is 0 Å². The fraction of sp³-hybridized carbons (Fsp3) is 0.750. The summed E-state index contributed by atoms with van der Waals surface area (Å²) < 4.78 is 0. The summed E-state index contributed by atoms with van der Waals surface area (Å²) >= 11 is 4.60. The van der Waals surface area contributed by atoms with E-state index >= 15 is 0 Å². The number of hydrogen-bond acceptors (Lipinski definition) is 2. The van der Waals surface area contributed by atoms with Gasteiger partial charge in [-0.1, -0.05) is 15.9 Å². The Kier molecular flexibility index (Phi) is 5.64. The number of carbonyl (C=O) groups is 1. The molecule has 0 aliphatic rings. The molecule has 0 aliphatic heterocycles. The Morgan fingerprint density at radius 2 is 2.38 bits per heavy atom. The number of hydrogen-bond donors (Lipinski definition) is 1. The van der Waals surface area contributed by atoms with E-state index in [9.17, 15) is 4.79 Å². The highest BCUT2D eigenvalue weighted by atomic mass is 79.9. The molecule has 0 saturated carbocycles. The topological polar surface area (TPSA) is 37.3 Å². The van der Waals surface area contributed by atoms with Crippen LogP contribution in [0.1, 0.15) is 0 Å². The van der Waals surface area contributed by atoms with Crippen LogP contribution in [0.3, 0.4) is 0 Å². The van der Waals surface area contributed by atoms with Crippen LogP contribution in [-0.4, -0.2) is 27.9 Å². The summed E-state index contributed by atoms with van der Waals surface area (Å²) in [5.41, 5.74) is 0. The van der Waals surface area contributed by atoms with Gasteiger partial charge in [0.05, 0.1) is 5.75 Å². The molecule has 0 aromatic heterocycles. The lowest BCUT2D eigenvalue weighted by atomic mass is 10.8. The van der Waals surface area contributed by atoms with E-state index in [1.807, 2.05) is 0 Å². The molecule has 48 valence electrons. The van der Waals surface area contributed by atoms with E-state index in [0.29, 0.717) is 0 Å². The highest BCUT2D eigenvalue weighted by molar-refractivity contribution is 9.09. The molecule has 0 rings (SSSR count). The summed E-state index contributed by atoms with van der Waals surface area (Å²) in [6, 6.07) is 0. The van der Waals surface area contributed by atoms with Crippen LogP contribution < -0.4 is 0 Å². The van der Waals surface area contributed by atoms with E-state index in [1.165, 1.54) is 11.8 Å². The minimum Gasteiger partial charge on any atom is -0.481 e. The van der Waals surface area contributed by atoms with Crippen LogP contribution in [0, 0.1) is 0 Å². The molecule has 0 fully saturated rings. The predicted molar refractivity (Wildman–Crippen MR) is 38.8 cm³/mol. The third-order valence-corrected chi connectivity index (χ3v) is 2.31. The number of rotatable bonds is 4. The first-order valence-electron chi connectivity index (χ1n) is 2.13. The van der Waals surface area contributed by atoms with Crippen molar-refractivity contribution >= 4 is 33.7 Å². The van der Waals surface area contributed by atoms with E-state index in [-0.39, 0.29) is 5.75 Å². The zero-order valence-electron chi connectivity index (χ0n) is 4.26. The highest BCUT2D eigenvalue weighted by Crippen LogP contribution is 1.99. The number of alkyl halides is 1. The van der Waals surface area contributed by atoms with Crippen LogP contribution in [0.5, 0.6) is 0 Å². The molecule has 2 nitrogen and oxygen atoms in total. The third kappa shape index (κ3) is 6.30. The van der Waals surface area contributed by atoms with E-state index in [0.717, 1.165) is 11.1 Å². The second-order valence-corrected chi connectivity index (χ2v) is 3.03. The van der Waals surface area contributed by atoms with Gasteiger partial charge < -0.3 is 5.11 Å². The summed E-state index contributed by atoms with van der Waals surface area (Å²) in [6.07, 6.45) is 0. The third-order valence-electron chi connectivity index (χ3n) is 0.447. The van der Waals surface area contributed by atoms with Gasteiger partial charge in [-0.05, 0) is 0 Å². The van der Waals surface area contributed by atoms with Crippen molar-refractivity contribution in [2.24, 2.45) is 0 Å². The molecule has 0 heterocycles. The molecule has 0 amide bonds. The Bertz CT molecular complexity index is 76.4. The largest absolute Gasteiger partial charge is 0.481 e. The fourth-order valence-electron chi connectivity index (χ4n) is 0.214. The minimum absolute atomic E-state index is 0.214. The van der Waals surface area contributed by atoms with Crippen LogP contribution >= 0.6 is 27.7 Å². The zero-order chi connectivity index (χ0) is 6.41. The molecule has 0 aliphatic carbocycles. The van der Waals surface area contributed by atoms with Gasteiger partial charge in [0, 0.05) is 11.1 Å². The maximum absolute atomic E-state index is 9.84.